The third kappa shape index (κ3) is 1.75. The molecule has 72 valence electrons. The highest BCUT2D eigenvalue weighted by atomic mass is 32.1. The van der Waals surface area contributed by atoms with Crippen LogP contribution < -0.4 is 0 Å². The van der Waals surface area contributed by atoms with Crippen molar-refractivity contribution in [2.75, 3.05) is 6.61 Å². The van der Waals surface area contributed by atoms with Gasteiger partial charge in [-0.05, 0) is 6.92 Å². The molecule has 4 nitrogen and oxygen atoms in total. The first-order valence-corrected chi connectivity index (χ1v) is 4.40. The molecule has 5 atom stereocenters. The van der Waals surface area contributed by atoms with E-state index in [9.17, 15) is 10.2 Å². The summed E-state index contributed by atoms with van der Waals surface area (Å²) in [4.78, 5) is 0. The van der Waals surface area contributed by atoms with Gasteiger partial charge in [0.1, 0.15) is 6.10 Å². The molecule has 0 radical (unpaired) electrons. The van der Waals surface area contributed by atoms with E-state index in [1.807, 2.05) is 0 Å². The van der Waals surface area contributed by atoms with Gasteiger partial charge in [0.25, 0.3) is 0 Å². The quantitative estimate of drug-likeness (QED) is 0.395. The molecule has 12 heavy (non-hydrogen) atoms. The Labute approximate surface area is 76.6 Å². The molecule has 5 unspecified atom stereocenters. The van der Waals surface area contributed by atoms with Crippen LogP contribution in [0.1, 0.15) is 6.92 Å². The highest BCUT2D eigenvalue weighted by Gasteiger charge is 2.40. The molecule has 1 aliphatic heterocycles. The number of hydrogen-bond acceptors (Lipinski definition) is 5. The first-order valence-electron chi connectivity index (χ1n) is 3.88. The lowest BCUT2D eigenvalue weighted by Crippen LogP contribution is -2.55. The lowest BCUT2D eigenvalue weighted by Gasteiger charge is -2.39. The maximum absolute atomic E-state index is 9.40. The maximum Gasteiger partial charge on any atom is 0.108 e. The number of aliphatic hydroxyl groups is 3. The van der Waals surface area contributed by atoms with Gasteiger partial charge >= 0.3 is 0 Å². The lowest BCUT2D eigenvalue weighted by molar-refractivity contribution is -0.168. The van der Waals surface area contributed by atoms with Crippen LogP contribution in [0, 0.1) is 0 Å². The van der Waals surface area contributed by atoms with Crippen LogP contribution in [-0.4, -0.2) is 51.6 Å². The molecule has 0 bridgehead atoms. The minimum Gasteiger partial charge on any atom is -0.394 e. The summed E-state index contributed by atoms with van der Waals surface area (Å²) in [5.41, 5.74) is 0. The van der Waals surface area contributed by atoms with E-state index < -0.39 is 29.7 Å². The van der Waals surface area contributed by atoms with Gasteiger partial charge < -0.3 is 20.1 Å². The van der Waals surface area contributed by atoms with Gasteiger partial charge in [-0.2, -0.15) is 12.6 Å². The van der Waals surface area contributed by atoms with Gasteiger partial charge in [-0.3, -0.25) is 0 Å². The van der Waals surface area contributed by atoms with Gasteiger partial charge in [0.15, 0.2) is 0 Å². The van der Waals surface area contributed by atoms with Crippen LogP contribution in [0.3, 0.4) is 0 Å². The Kier molecular flexibility index (Phi) is 3.37. The molecule has 5 heteroatoms. The van der Waals surface area contributed by atoms with Crippen molar-refractivity contribution in [3.05, 3.63) is 0 Å². The van der Waals surface area contributed by atoms with Crippen LogP contribution in [0.4, 0.5) is 0 Å². The van der Waals surface area contributed by atoms with Crippen LogP contribution in [-0.2, 0) is 4.74 Å². The Bertz CT molecular complexity index is 150. The third-order valence-electron chi connectivity index (χ3n) is 2.13. The summed E-state index contributed by atoms with van der Waals surface area (Å²) >= 11 is 4.03. The molecule has 0 aromatic rings. The molecule has 0 amide bonds. The SMILES string of the molecule is CC1OC(CO)C(O)C(S)C1O. The van der Waals surface area contributed by atoms with E-state index >= 15 is 0 Å². The zero-order valence-corrected chi connectivity index (χ0v) is 7.69. The smallest absolute Gasteiger partial charge is 0.108 e. The molecule has 3 N–H and O–H groups in total. The fraction of sp³-hybridized carbons (Fsp3) is 1.00. The lowest BCUT2D eigenvalue weighted by atomic mass is 9.99. The Morgan fingerprint density at radius 1 is 1.33 bits per heavy atom. The molecule has 0 aliphatic carbocycles. The molecule has 1 saturated heterocycles. The molecule has 1 fully saturated rings. The summed E-state index contributed by atoms with van der Waals surface area (Å²) < 4.78 is 5.13. The van der Waals surface area contributed by atoms with E-state index in [4.69, 9.17) is 9.84 Å². The number of thiol groups is 1. The minimum absolute atomic E-state index is 0.255. The highest BCUT2D eigenvalue weighted by molar-refractivity contribution is 7.81. The van der Waals surface area contributed by atoms with Crippen molar-refractivity contribution < 1.29 is 20.1 Å². The zero-order valence-electron chi connectivity index (χ0n) is 6.79. The minimum atomic E-state index is -0.912. The molecule has 1 heterocycles. The molecular weight excluding hydrogens is 180 g/mol. The number of hydrogen-bond donors (Lipinski definition) is 4. The van der Waals surface area contributed by atoms with E-state index in [0.29, 0.717) is 0 Å². The first-order chi connectivity index (χ1) is 5.57. The normalized spacial score (nSPS) is 49.2. The Morgan fingerprint density at radius 2 is 1.92 bits per heavy atom. The van der Waals surface area contributed by atoms with E-state index in [0.717, 1.165) is 0 Å². The second-order valence-electron chi connectivity index (χ2n) is 3.03. The summed E-state index contributed by atoms with van der Waals surface area (Å²) in [5, 5.41) is 27.0. The average Bonchev–Trinajstić information content (AvgIpc) is 2.08. The molecule has 0 spiro atoms. The Morgan fingerprint density at radius 3 is 2.42 bits per heavy atom. The monoisotopic (exact) mass is 194 g/mol. The fourth-order valence-corrected chi connectivity index (χ4v) is 1.72. The van der Waals surface area contributed by atoms with E-state index in [1.165, 1.54) is 0 Å². The van der Waals surface area contributed by atoms with Crippen molar-refractivity contribution in [1.82, 2.24) is 0 Å². The second kappa shape index (κ2) is 3.93. The van der Waals surface area contributed by atoms with Crippen molar-refractivity contribution in [2.45, 2.75) is 36.6 Å². The van der Waals surface area contributed by atoms with Crippen LogP contribution in [0.5, 0.6) is 0 Å². The fourth-order valence-electron chi connectivity index (χ4n) is 1.29. The predicted molar refractivity (Wildman–Crippen MR) is 46.2 cm³/mol. The number of aliphatic hydroxyl groups excluding tert-OH is 3. The molecule has 1 rings (SSSR count). The van der Waals surface area contributed by atoms with Gasteiger partial charge in [-0.1, -0.05) is 0 Å². The predicted octanol–water partition coefficient (Wildman–Crippen LogP) is -1.21. The molecule has 0 aromatic carbocycles. The summed E-state index contributed by atoms with van der Waals surface area (Å²) in [6.07, 6.45) is -2.73. The van der Waals surface area contributed by atoms with Crippen molar-refractivity contribution in [3.63, 3.8) is 0 Å². The number of rotatable bonds is 1. The van der Waals surface area contributed by atoms with Gasteiger partial charge in [0.05, 0.1) is 30.2 Å². The van der Waals surface area contributed by atoms with Crippen molar-refractivity contribution >= 4 is 12.6 Å². The van der Waals surface area contributed by atoms with Gasteiger partial charge in [-0.15, -0.1) is 0 Å². The zero-order chi connectivity index (χ0) is 9.30. The molecule has 0 aromatic heterocycles. The summed E-state index contributed by atoms with van der Waals surface area (Å²) in [5.74, 6) is 0. The average molecular weight is 194 g/mol. The van der Waals surface area contributed by atoms with E-state index in [-0.39, 0.29) is 6.61 Å². The number of ether oxygens (including phenoxy) is 1. The summed E-state index contributed by atoms with van der Waals surface area (Å²) in [6, 6.07) is 0. The largest absolute Gasteiger partial charge is 0.394 e. The third-order valence-corrected chi connectivity index (χ3v) is 2.74. The molecule has 0 saturated carbocycles. The van der Waals surface area contributed by atoms with Crippen LogP contribution in [0.2, 0.25) is 0 Å². The molecule has 1 aliphatic rings. The van der Waals surface area contributed by atoms with E-state index in [2.05, 4.69) is 12.6 Å². The standard InChI is InChI=1S/C7H14O4S/c1-3-5(9)7(12)6(10)4(2-8)11-3/h3-10,12H,2H2,1H3. The summed E-state index contributed by atoms with van der Waals surface area (Å²) in [6.45, 7) is 1.43. The van der Waals surface area contributed by atoms with E-state index in [1.54, 1.807) is 6.92 Å². The van der Waals surface area contributed by atoms with Crippen LogP contribution in [0.25, 0.3) is 0 Å². The van der Waals surface area contributed by atoms with Gasteiger partial charge in [0.2, 0.25) is 0 Å². The Balaban J connectivity index is 2.63. The Hall–Kier alpha value is 0.190. The topological polar surface area (TPSA) is 69.9 Å². The molecular formula is C7H14O4S. The van der Waals surface area contributed by atoms with Crippen molar-refractivity contribution in [1.29, 1.82) is 0 Å². The van der Waals surface area contributed by atoms with Crippen molar-refractivity contribution in [2.24, 2.45) is 0 Å². The highest BCUT2D eigenvalue weighted by Crippen LogP contribution is 2.24. The summed E-state index contributed by atoms with van der Waals surface area (Å²) in [7, 11) is 0. The van der Waals surface area contributed by atoms with Gasteiger partial charge in [-0.25, -0.2) is 0 Å². The van der Waals surface area contributed by atoms with Crippen LogP contribution >= 0.6 is 12.6 Å². The maximum atomic E-state index is 9.40. The van der Waals surface area contributed by atoms with Gasteiger partial charge in [0, 0.05) is 0 Å². The van der Waals surface area contributed by atoms with Crippen molar-refractivity contribution in [3.8, 4) is 0 Å². The first kappa shape index (κ1) is 10.3. The second-order valence-corrected chi connectivity index (χ2v) is 3.63. The van der Waals surface area contributed by atoms with Crippen LogP contribution in [0.15, 0.2) is 0 Å².